The van der Waals surface area contributed by atoms with Crippen LogP contribution in [-0.2, 0) is 13.1 Å². The van der Waals surface area contributed by atoms with E-state index >= 15 is 0 Å². The molecule has 0 atom stereocenters. The lowest BCUT2D eigenvalue weighted by molar-refractivity contribution is 0.332. The first-order valence-corrected chi connectivity index (χ1v) is 10.6. The molecule has 0 unspecified atom stereocenters. The molecule has 7 nitrogen and oxygen atoms in total. The molecule has 3 heterocycles. The van der Waals surface area contributed by atoms with E-state index in [2.05, 4.69) is 15.0 Å². The maximum Gasteiger partial charge on any atom is 0.293 e. The van der Waals surface area contributed by atoms with Crippen molar-refractivity contribution in [2.75, 3.05) is 18.0 Å². The van der Waals surface area contributed by atoms with E-state index in [-0.39, 0.29) is 11.1 Å². The predicted octanol–water partition coefficient (Wildman–Crippen LogP) is 2.00. The molecule has 28 heavy (non-hydrogen) atoms. The molecule has 2 saturated carbocycles. The lowest BCUT2D eigenvalue weighted by Crippen LogP contribution is -2.40. The van der Waals surface area contributed by atoms with Gasteiger partial charge in [-0.25, -0.2) is 9.67 Å². The average molecular weight is 381 g/mol. The summed E-state index contributed by atoms with van der Waals surface area (Å²) < 4.78 is 3.47. The van der Waals surface area contributed by atoms with Gasteiger partial charge in [0.2, 0.25) is 0 Å². The highest BCUT2D eigenvalue weighted by Crippen LogP contribution is 2.38. The number of nitrogens with zero attached hydrogens (tertiary/aromatic N) is 5. The van der Waals surface area contributed by atoms with Crippen molar-refractivity contribution in [2.45, 2.75) is 57.5 Å². The average Bonchev–Trinajstić information content (AvgIpc) is 3.60. The summed E-state index contributed by atoms with van der Waals surface area (Å²) in [5.74, 6) is 2.20. The lowest BCUT2D eigenvalue weighted by Gasteiger charge is -2.32. The van der Waals surface area contributed by atoms with Gasteiger partial charge in [-0.3, -0.25) is 9.59 Å². The monoisotopic (exact) mass is 381 g/mol. The van der Waals surface area contributed by atoms with Gasteiger partial charge < -0.3 is 9.47 Å². The zero-order chi connectivity index (χ0) is 19.1. The van der Waals surface area contributed by atoms with Crippen LogP contribution in [0.25, 0.3) is 0 Å². The zero-order valence-electron chi connectivity index (χ0n) is 16.2. The fourth-order valence-electron chi connectivity index (χ4n) is 4.14. The highest BCUT2D eigenvalue weighted by molar-refractivity contribution is 5.36. The summed E-state index contributed by atoms with van der Waals surface area (Å²) in [6.45, 7) is 3.09. The second-order valence-electron chi connectivity index (χ2n) is 8.63. The molecule has 7 heteroatoms. The topological polar surface area (TPSA) is 73.0 Å². The van der Waals surface area contributed by atoms with E-state index in [0.717, 1.165) is 38.2 Å². The summed E-state index contributed by atoms with van der Waals surface area (Å²) in [5, 5.41) is 4.59. The Bertz CT molecular complexity index is 965. The number of hydrogen-bond acceptors (Lipinski definition) is 5. The molecule has 148 valence electrons. The van der Waals surface area contributed by atoms with Gasteiger partial charge in [0.1, 0.15) is 0 Å². The fraction of sp³-hybridized carbons (Fsp3) is 0.619. The fourth-order valence-corrected chi connectivity index (χ4v) is 4.14. The molecule has 3 fully saturated rings. The van der Waals surface area contributed by atoms with Crippen molar-refractivity contribution in [1.82, 2.24) is 19.3 Å². The van der Waals surface area contributed by atoms with Gasteiger partial charge in [-0.1, -0.05) is 0 Å². The Morgan fingerprint density at radius 2 is 1.68 bits per heavy atom. The van der Waals surface area contributed by atoms with E-state index in [1.807, 2.05) is 16.8 Å². The van der Waals surface area contributed by atoms with E-state index in [1.165, 1.54) is 25.7 Å². The van der Waals surface area contributed by atoms with Crippen molar-refractivity contribution < 1.29 is 0 Å². The van der Waals surface area contributed by atoms with Crippen LogP contribution in [0.4, 0.5) is 5.82 Å². The molecule has 0 bridgehead atoms. The van der Waals surface area contributed by atoms with Crippen molar-refractivity contribution in [2.24, 2.45) is 11.8 Å². The Kier molecular flexibility index (Phi) is 4.53. The molecular formula is C21H27N5O2. The standard InChI is InChI=1S/C21H27N5O2/c27-19-6-5-18(17-3-4-17)23-26(19)14-16-7-10-24(11-8-16)20-21(28)25(12-9-22-20)13-15-1-2-15/h5-6,9,12,15-17H,1-4,7-8,10-11,13-14H2. The predicted molar refractivity (Wildman–Crippen MR) is 107 cm³/mol. The molecule has 3 aliphatic rings. The van der Waals surface area contributed by atoms with Crippen LogP contribution in [0.2, 0.25) is 0 Å². The minimum Gasteiger partial charge on any atom is -0.352 e. The summed E-state index contributed by atoms with van der Waals surface area (Å²) in [6, 6.07) is 3.54. The normalized spacial score (nSPS) is 20.5. The summed E-state index contributed by atoms with van der Waals surface area (Å²) in [4.78, 5) is 31.4. The van der Waals surface area contributed by atoms with Crippen LogP contribution in [0.1, 0.15) is 50.1 Å². The van der Waals surface area contributed by atoms with Crippen molar-refractivity contribution in [3.63, 3.8) is 0 Å². The third kappa shape index (κ3) is 3.75. The molecule has 0 amide bonds. The Labute approximate surface area is 164 Å². The highest BCUT2D eigenvalue weighted by atomic mass is 16.1. The molecule has 0 spiro atoms. The number of rotatable bonds is 6. The first kappa shape index (κ1) is 17.6. The van der Waals surface area contributed by atoms with Crippen molar-refractivity contribution in [3.8, 4) is 0 Å². The van der Waals surface area contributed by atoms with Crippen LogP contribution in [0, 0.1) is 11.8 Å². The summed E-state index contributed by atoms with van der Waals surface area (Å²) in [7, 11) is 0. The molecule has 0 radical (unpaired) electrons. The van der Waals surface area contributed by atoms with Gasteiger partial charge in [0.25, 0.3) is 11.1 Å². The van der Waals surface area contributed by atoms with Crippen LogP contribution in [-0.4, -0.2) is 32.4 Å². The highest BCUT2D eigenvalue weighted by Gasteiger charge is 2.27. The molecule has 5 rings (SSSR count). The van der Waals surface area contributed by atoms with Crippen LogP contribution in [0.3, 0.4) is 0 Å². The minimum absolute atomic E-state index is 0.0143. The number of anilines is 1. The van der Waals surface area contributed by atoms with Gasteiger partial charge in [0.05, 0.1) is 5.69 Å². The van der Waals surface area contributed by atoms with E-state index < -0.39 is 0 Å². The third-order valence-electron chi connectivity index (χ3n) is 6.28. The Balaban J connectivity index is 1.24. The quantitative estimate of drug-likeness (QED) is 0.765. The SMILES string of the molecule is O=c1c(N2CCC(Cn3nc(C4CC4)ccc3=O)CC2)nccn1CC1CC1. The second kappa shape index (κ2) is 7.18. The van der Waals surface area contributed by atoms with Crippen LogP contribution in [0.15, 0.2) is 34.1 Å². The molecule has 0 aromatic carbocycles. The molecule has 1 saturated heterocycles. The molecule has 2 aromatic rings. The van der Waals surface area contributed by atoms with Crippen LogP contribution >= 0.6 is 0 Å². The van der Waals surface area contributed by atoms with Crippen LogP contribution in [0.5, 0.6) is 0 Å². The summed E-state index contributed by atoms with van der Waals surface area (Å²) in [5.41, 5.74) is 1.07. The second-order valence-corrected chi connectivity index (χ2v) is 8.63. The van der Waals surface area contributed by atoms with Gasteiger partial charge in [-0.15, -0.1) is 0 Å². The maximum absolute atomic E-state index is 12.8. The van der Waals surface area contributed by atoms with E-state index in [4.69, 9.17) is 0 Å². The summed E-state index contributed by atoms with van der Waals surface area (Å²) >= 11 is 0. The van der Waals surface area contributed by atoms with Crippen molar-refractivity contribution in [3.05, 3.63) is 50.9 Å². The van der Waals surface area contributed by atoms with Gasteiger partial charge in [0, 0.05) is 50.6 Å². The Morgan fingerprint density at radius 3 is 2.39 bits per heavy atom. The Hall–Kier alpha value is -2.44. The van der Waals surface area contributed by atoms with Gasteiger partial charge in [-0.05, 0) is 56.4 Å². The third-order valence-corrected chi connectivity index (χ3v) is 6.28. The van der Waals surface area contributed by atoms with Crippen molar-refractivity contribution in [1.29, 1.82) is 0 Å². The first-order valence-electron chi connectivity index (χ1n) is 10.6. The molecular weight excluding hydrogens is 354 g/mol. The first-order chi connectivity index (χ1) is 13.7. The smallest absolute Gasteiger partial charge is 0.293 e. The van der Waals surface area contributed by atoms with Crippen LogP contribution < -0.4 is 16.0 Å². The molecule has 2 aromatic heterocycles. The zero-order valence-corrected chi connectivity index (χ0v) is 16.2. The molecule has 0 N–H and O–H groups in total. The number of piperidine rings is 1. The lowest BCUT2D eigenvalue weighted by atomic mass is 9.97. The van der Waals surface area contributed by atoms with E-state index in [1.54, 1.807) is 16.9 Å². The molecule has 2 aliphatic carbocycles. The number of hydrogen-bond donors (Lipinski definition) is 0. The molecule has 1 aliphatic heterocycles. The van der Waals surface area contributed by atoms with Crippen molar-refractivity contribution >= 4 is 5.82 Å². The minimum atomic E-state index is -0.0143. The number of aromatic nitrogens is 4. The van der Waals surface area contributed by atoms with Gasteiger partial charge in [-0.2, -0.15) is 5.10 Å². The van der Waals surface area contributed by atoms with Gasteiger partial charge >= 0.3 is 0 Å². The summed E-state index contributed by atoms with van der Waals surface area (Å²) in [6.07, 6.45) is 10.3. The largest absolute Gasteiger partial charge is 0.352 e. The Morgan fingerprint density at radius 1 is 0.929 bits per heavy atom. The maximum atomic E-state index is 12.8. The van der Waals surface area contributed by atoms with Gasteiger partial charge in [0.15, 0.2) is 5.82 Å². The van der Waals surface area contributed by atoms with E-state index in [0.29, 0.717) is 30.1 Å². The van der Waals surface area contributed by atoms with E-state index in [9.17, 15) is 9.59 Å².